The quantitative estimate of drug-likeness (QED) is 0.478. The van der Waals surface area contributed by atoms with Gasteiger partial charge in [-0.25, -0.2) is 0 Å². The highest BCUT2D eigenvalue weighted by Crippen LogP contribution is 2.17. The van der Waals surface area contributed by atoms with Crippen LogP contribution in [0.2, 0.25) is 0 Å². The van der Waals surface area contributed by atoms with E-state index < -0.39 is 4.92 Å². The number of rotatable bonds is 7. The molecular formula is C16H18N2O3. The number of nitrogens with one attached hydrogen (secondary N) is 1. The molecule has 21 heavy (non-hydrogen) atoms. The van der Waals surface area contributed by atoms with Gasteiger partial charge in [-0.3, -0.25) is 10.1 Å². The highest BCUT2D eigenvalue weighted by Gasteiger charge is 2.04. The molecule has 0 aromatic heterocycles. The van der Waals surface area contributed by atoms with Gasteiger partial charge in [-0.15, -0.1) is 0 Å². The van der Waals surface area contributed by atoms with Gasteiger partial charge in [0.1, 0.15) is 5.75 Å². The van der Waals surface area contributed by atoms with Gasteiger partial charge in [0, 0.05) is 24.4 Å². The van der Waals surface area contributed by atoms with Crippen molar-refractivity contribution in [3.05, 3.63) is 64.2 Å². The van der Waals surface area contributed by atoms with Gasteiger partial charge in [-0.2, -0.15) is 0 Å². The van der Waals surface area contributed by atoms with Gasteiger partial charge in [0.05, 0.1) is 11.5 Å². The molecule has 0 aliphatic carbocycles. The second-order valence-corrected chi connectivity index (χ2v) is 4.75. The van der Waals surface area contributed by atoms with E-state index in [0.29, 0.717) is 13.2 Å². The number of hydrogen-bond acceptors (Lipinski definition) is 4. The van der Waals surface area contributed by atoms with Crippen molar-refractivity contribution in [3.63, 3.8) is 0 Å². The molecule has 2 rings (SSSR count). The van der Waals surface area contributed by atoms with Crippen molar-refractivity contribution in [2.45, 2.75) is 13.3 Å². The number of hydrogen-bond donors (Lipinski definition) is 1. The molecule has 0 fully saturated rings. The van der Waals surface area contributed by atoms with E-state index in [1.807, 2.05) is 37.3 Å². The fraction of sp³-hybridized carbons (Fsp3) is 0.250. The Morgan fingerprint density at radius 1 is 1.19 bits per heavy atom. The molecule has 0 aliphatic heterocycles. The molecule has 0 aliphatic rings. The summed E-state index contributed by atoms with van der Waals surface area (Å²) in [5, 5.41) is 13.8. The van der Waals surface area contributed by atoms with E-state index in [9.17, 15) is 10.1 Å². The molecule has 5 heteroatoms. The molecular weight excluding hydrogens is 268 g/mol. The van der Waals surface area contributed by atoms with Crippen molar-refractivity contribution in [1.29, 1.82) is 0 Å². The average Bonchev–Trinajstić information content (AvgIpc) is 2.47. The minimum absolute atomic E-state index is 0.0935. The monoisotopic (exact) mass is 286 g/mol. The van der Waals surface area contributed by atoms with E-state index in [-0.39, 0.29) is 5.69 Å². The normalized spacial score (nSPS) is 10.1. The molecule has 0 radical (unpaired) electrons. The Bertz CT molecular complexity index is 614. The second kappa shape index (κ2) is 7.28. The first-order valence-electron chi connectivity index (χ1n) is 6.83. The van der Waals surface area contributed by atoms with Crippen LogP contribution in [-0.4, -0.2) is 18.1 Å². The van der Waals surface area contributed by atoms with Crippen molar-refractivity contribution in [2.24, 2.45) is 0 Å². The van der Waals surface area contributed by atoms with E-state index in [1.54, 1.807) is 6.07 Å². The van der Waals surface area contributed by atoms with Gasteiger partial charge in [0.25, 0.3) is 5.69 Å². The fourth-order valence-corrected chi connectivity index (χ4v) is 1.93. The highest BCUT2D eigenvalue weighted by molar-refractivity contribution is 5.50. The van der Waals surface area contributed by atoms with Crippen LogP contribution in [0.5, 0.6) is 5.75 Å². The van der Waals surface area contributed by atoms with Crippen molar-refractivity contribution < 1.29 is 9.66 Å². The van der Waals surface area contributed by atoms with Crippen LogP contribution in [-0.2, 0) is 0 Å². The molecule has 1 N–H and O–H groups in total. The van der Waals surface area contributed by atoms with Crippen molar-refractivity contribution in [1.82, 2.24) is 0 Å². The van der Waals surface area contributed by atoms with Crippen LogP contribution in [0.4, 0.5) is 11.4 Å². The highest BCUT2D eigenvalue weighted by atomic mass is 16.6. The standard InChI is InChI=1S/C16H18N2O3/c1-13-5-2-8-16(11-13)21-10-4-9-17-14-6-3-7-15(12-14)18(19)20/h2-3,5-8,11-12,17H,4,9-10H2,1H3. The van der Waals surface area contributed by atoms with Crippen LogP contribution in [0.3, 0.4) is 0 Å². The molecule has 0 unspecified atom stereocenters. The van der Waals surface area contributed by atoms with Crippen LogP contribution in [0.15, 0.2) is 48.5 Å². The number of benzene rings is 2. The predicted octanol–water partition coefficient (Wildman–Crippen LogP) is 3.78. The Labute approximate surface area is 123 Å². The summed E-state index contributed by atoms with van der Waals surface area (Å²) in [5.74, 6) is 0.866. The third kappa shape index (κ3) is 4.80. The van der Waals surface area contributed by atoms with Crippen molar-refractivity contribution >= 4 is 11.4 Å². The van der Waals surface area contributed by atoms with Crippen LogP contribution >= 0.6 is 0 Å². The van der Waals surface area contributed by atoms with E-state index in [0.717, 1.165) is 17.9 Å². The number of nitrogens with zero attached hydrogens (tertiary/aromatic N) is 1. The first-order chi connectivity index (χ1) is 10.1. The lowest BCUT2D eigenvalue weighted by Gasteiger charge is -2.08. The first-order valence-corrected chi connectivity index (χ1v) is 6.83. The van der Waals surface area contributed by atoms with Crippen molar-refractivity contribution in [3.8, 4) is 5.75 Å². The summed E-state index contributed by atoms with van der Waals surface area (Å²) in [6.07, 6.45) is 0.816. The summed E-state index contributed by atoms with van der Waals surface area (Å²) in [6, 6.07) is 14.4. The third-order valence-corrected chi connectivity index (χ3v) is 2.97. The first kappa shape index (κ1) is 14.8. The second-order valence-electron chi connectivity index (χ2n) is 4.75. The summed E-state index contributed by atoms with van der Waals surface area (Å²) in [6.45, 7) is 3.33. The Balaban J connectivity index is 1.72. The van der Waals surface area contributed by atoms with E-state index in [4.69, 9.17) is 4.74 Å². The van der Waals surface area contributed by atoms with Crippen LogP contribution in [0.25, 0.3) is 0 Å². The van der Waals surface area contributed by atoms with Gasteiger partial charge in [0.15, 0.2) is 0 Å². The minimum Gasteiger partial charge on any atom is -0.494 e. The maximum Gasteiger partial charge on any atom is 0.271 e. The number of aryl methyl sites for hydroxylation is 1. The predicted molar refractivity (Wildman–Crippen MR) is 82.9 cm³/mol. The number of nitro groups is 1. The van der Waals surface area contributed by atoms with Crippen LogP contribution in [0.1, 0.15) is 12.0 Å². The number of non-ortho nitro benzene ring substituents is 1. The van der Waals surface area contributed by atoms with Gasteiger partial charge < -0.3 is 10.1 Å². The lowest BCUT2D eigenvalue weighted by Crippen LogP contribution is -2.07. The van der Waals surface area contributed by atoms with Gasteiger partial charge >= 0.3 is 0 Å². The number of nitro benzene ring substituents is 1. The Morgan fingerprint density at radius 2 is 2.00 bits per heavy atom. The molecule has 0 spiro atoms. The van der Waals surface area contributed by atoms with E-state index in [1.165, 1.54) is 17.7 Å². The summed E-state index contributed by atoms with van der Waals surface area (Å²) >= 11 is 0. The van der Waals surface area contributed by atoms with E-state index in [2.05, 4.69) is 5.32 Å². The summed E-state index contributed by atoms with van der Waals surface area (Å²) < 4.78 is 5.64. The fourth-order valence-electron chi connectivity index (χ4n) is 1.93. The topological polar surface area (TPSA) is 64.4 Å². The Kier molecular flexibility index (Phi) is 5.15. The van der Waals surface area contributed by atoms with Gasteiger partial charge in [-0.05, 0) is 37.1 Å². The minimum atomic E-state index is -0.397. The maximum absolute atomic E-state index is 10.7. The molecule has 0 amide bonds. The zero-order valence-corrected chi connectivity index (χ0v) is 11.9. The summed E-state index contributed by atoms with van der Waals surface area (Å²) in [7, 11) is 0. The Hall–Kier alpha value is -2.56. The SMILES string of the molecule is Cc1cccc(OCCCNc2cccc([N+](=O)[O-])c2)c1. The third-order valence-electron chi connectivity index (χ3n) is 2.97. The van der Waals surface area contributed by atoms with E-state index >= 15 is 0 Å². The smallest absolute Gasteiger partial charge is 0.271 e. The zero-order chi connectivity index (χ0) is 15.1. The maximum atomic E-state index is 10.7. The molecule has 110 valence electrons. The molecule has 0 saturated carbocycles. The lowest BCUT2D eigenvalue weighted by molar-refractivity contribution is -0.384. The summed E-state index contributed by atoms with van der Waals surface area (Å²) in [5.41, 5.74) is 2.01. The lowest BCUT2D eigenvalue weighted by atomic mass is 10.2. The molecule has 0 atom stereocenters. The zero-order valence-electron chi connectivity index (χ0n) is 11.9. The van der Waals surface area contributed by atoms with Crippen LogP contribution in [0, 0.1) is 17.0 Å². The van der Waals surface area contributed by atoms with Crippen LogP contribution < -0.4 is 10.1 Å². The summed E-state index contributed by atoms with van der Waals surface area (Å²) in [4.78, 5) is 10.3. The molecule has 0 heterocycles. The molecule has 2 aromatic carbocycles. The Morgan fingerprint density at radius 3 is 2.76 bits per heavy atom. The van der Waals surface area contributed by atoms with Gasteiger partial charge in [0.2, 0.25) is 0 Å². The number of ether oxygens (including phenoxy) is 1. The molecule has 2 aromatic rings. The molecule has 5 nitrogen and oxygen atoms in total. The number of anilines is 1. The van der Waals surface area contributed by atoms with Crippen molar-refractivity contribution in [2.75, 3.05) is 18.5 Å². The largest absolute Gasteiger partial charge is 0.494 e. The molecule has 0 bridgehead atoms. The molecule has 0 saturated heterocycles. The average molecular weight is 286 g/mol. The van der Waals surface area contributed by atoms with Gasteiger partial charge in [-0.1, -0.05) is 18.2 Å².